The van der Waals surface area contributed by atoms with Gasteiger partial charge >= 0.3 is 0 Å². The lowest BCUT2D eigenvalue weighted by atomic mass is 10.0. The van der Waals surface area contributed by atoms with Crippen LogP contribution >= 0.6 is 12.6 Å². The fraction of sp³-hybridized carbons (Fsp3) is 0.875. The van der Waals surface area contributed by atoms with Crippen LogP contribution in [0.5, 0.6) is 0 Å². The Bertz CT molecular complexity index is 145. The second kappa shape index (κ2) is 4.00. The average Bonchev–Trinajstić information content (AvgIpc) is 1.88. The summed E-state index contributed by atoms with van der Waals surface area (Å²) in [4.78, 5) is 12.7. The molecule has 0 aromatic carbocycles. The number of carbonyl (C=O) groups is 1. The second-order valence-electron chi connectivity index (χ2n) is 3.19. The normalized spacial score (nSPS) is 11.4. The third kappa shape index (κ3) is 2.73. The van der Waals surface area contributed by atoms with E-state index in [2.05, 4.69) is 19.6 Å². The molecule has 1 amide bonds. The van der Waals surface area contributed by atoms with Crippen molar-refractivity contribution in [2.45, 2.75) is 39.7 Å². The molecule has 0 rings (SSSR count). The van der Waals surface area contributed by atoms with Crippen LogP contribution in [0.1, 0.15) is 34.1 Å². The van der Waals surface area contributed by atoms with Crippen molar-refractivity contribution in [1.29, 1.82) is 0 Å². The van der Waals surface area contributed by atoms with Gasteiger partial charge in [0.1, 0.15) is 0 Å². The van der Waals surface area contributed by atoms with Crippen LogP contribution < -0.4 is 0 Å². The van der Waals surface area contributed by atoms with Gasteiger partial charge in [0, 0.05) is 12.1 Å². The molecule has 0 saturated carbocycles. The fourth-order valence-corrected chi connectivity index (χ4v) is 1.43. The first-order valence-electron chi connectivity index (χ1n) is 3.96. The predicted octanol–water partition coefficient (Wildman–Crippen LogP) is 2.55. The number of carbonyl (C=O) groups excluding carboxylic acids is 1. The van der Waals surface area contributed by atoms with E-state index in [0.29, 0.717) is 0 Å². The SMILES string of the molecule is CCN(C(=O)S)C(C)(C)CC. The molecule has 0 unspecified atom stereocenters. The lowest BCUT2D eigenvalue weighted by molar-refractivity contribution is 0.158. The van der Waals surface area contributed by atoms with E-state index in [-0.39, 0.29) is 10.8 Å². The van der Waals surface area contributed by atoms with Crippen LogP contribution in [0.2, 0.25) is 0 Å². The summed E-state index contributed by atoms with van der Waals surface area (Å²) in [6.07, 6.45) is 0.952. The van der Waals surface area contributed by atoms with Gasteiger partial charge in [-0.05, 0) is 27.2 Å². The summed E-state index contributed by atoms with van der Waals surface area (Å²) in [5.74, 6) is 0. The Labute approximate surface area is 74.4 Å². The highest BCUT2D eigenvalue weighted by molar-refractivity contribution is 7.96. The third-order valence-corrected chi connectivity index (χ3v) is 2.38. The number of hydrogen-bond donors (Lipinski definition) is 1. The summed E-state index contributed by atoms with van der Waals surface area (Å²) < 4.78 is 0. The summed E-state index contributed by atoms with van der Waals surface area (Å²) in [7, 11) is 0. The Balaban J connectivity index is 4.36. The maximum Gasteiger partial charge on any atom is 0.278 e. The zero-order valence-electron chi connectivity index (χ0n) is 7.72. The number of amides is 1. The Morgan fingerprint density at radius 3 is 2.00 bits per heavy atom. The molecule has 0 aliphatic rings. The first-order valence-corrected chi connectivity index (χ1v) is 4.41. The van der Waals surface area contributed by atoms with Crippen LogP contribution in [0.3, 0.4) is 0 Å². The molecular weight excluding hydrogens is 158 g/mol. The Morgan fingerprint density at radius 1 is 1.45 bits per heavy atom. The van der Waals surface area contributed by atoms with Crippen molar-refractivity contribution in [2.24, 2.45) is 0 Å². The van der Waals surface area contributed by atoms with E-state index < -0.39 is 0 Å². The summed E-state index contributed by atoms with van der Waals surface area (Å²) in [5, 5.41) is -0.139. The quantitative estimate of drug-likeness (QED) is 0.654. The number of nitrogens with zero attached hydrogens (tertiary/aromatic N) is 1. The summed E-state index contributed by atoms with van der Waals surface area (Å²) >= 11 is 3.81. The maximum atomic E-state index is 11.0. The molecule has 0 N–H and O–H groups in total. The smallest absolute Gasteiger partial charge is 0.278 e. The molecule has 0 aromatic heterocycles. The van der Waals surface area contributed by atoms with Crippen molar-refractivity contribution >= 4 is 17.9 Å². The van der Waals surface area contributed by atoms with Crippen LogP contribution in [0.4, 0.5) is 4.79 Å². The van der Waals surface area contributed by atoms with Crippen molar-refractivity contribution in [2.75, 3.05) is 6.54 Å². The molecule has 0 bridgehead atoms. The third-order valence-electron chi connectivity index (χ3n) is 2.14. The van der Waals surface area contributed by atoms with Gasteiger partial charge in [0.2, 0.25) is 0 Å². The van der Waals surface area contributed by atoms with E-state index in [1.54, 1.807) is 4.90 Å². The van der Waals surface area contributed by atoms with E-state index in [1.165, 1.54) is 0 Å². The predicted molar refractivity (Wildman–Crippen MR) is 51.1 cm³/mol. The van der Waals surface area contributed by atoms with Crippen molar-refractivity contribution < 1.29 is 4.79 Å². The molecule has 0 spiro atoms. The molecule has 0 heterocycles. The fourth-order valence-electron chi connectivity index (χ4n) is 1.01. The van der Waals surface area contributed by atoms with Crippen LogP contribution in [0.25, 0.3) is 0 Å². The number of rotatable bonds is 3. The molecule has 3 heteroatoms. The van der Waals surface area contributed by atoms with Gasteiger partial charge in [-0.2, -0.15) is 0 Å². The van der Waals surface area contributed by atoms with E-state index in [9.17, 15) is 4.79 Å². The van der Waals surface area contributed by atoms with E-state index in [4.69, 9.17) is 0 Å². The van der Waals surface area contributed by atoms with Crippen molar-refractivity contribution in [3.05, 3.63) is 0 Å². The molecule has 0 radical (unpaired) electrons. The Morgan fingerprint density at radius 2 is 1.91 bits per heavy atom. The summed E-state index contributed by atoms with van der Waals surface area (Å²) in [5.41, 5.74) is -0.0619. The minimum absolute atomic E-state index is 0.0619. The maximum absolute atomic E-state index is 11.0. The molecule has 0 saturated heterocycles. The highest BCUT2D eigenvalue weighted by Crippen LogP contribution is 2.19. The summed E-state index contributed by atoms with van der Waals surface area (Å²) in [6, 6.07) is 0. The lowest BCUT2D eigenvalue weighted by Crippen LogP contribution is -2.44. The number of hydrogen-bond acceptors (Lipinski definition) is 1. The van der Waals surface area contributed by atoms with Crippen molar-refractivity contribution in [3.63, 3.8) is 0 Å². The number of thiol groups is 1. The first-order chi connectivity index (χ1) is 4.95. The van der Waals surface area contributed by atoms with E-state index >= 15 is 0 Å². The Kier molecular flexibility index (Phi) is 3.93. The summed E-state index contributed by atoms with van der Waals surface area (Å²) in [6.45, 7) is 8.85. The van der Waals surface area contributed by atoms with Crippen LogP contribution in [-0.4, -0.2) is 22.2 Å². The Hall–Kier alpha value is -0.180. The van der Waals surface area contributed by atoms with E-state index in [0.717, 1.165) is 13.0 Å². The molecule has 0 aliphatic heterocycles. The van der Waals surface area contributed by atoms with Gasteiger partial charge in [-0.1, -0.05) is 19.6 Å². The lowest BCUT2D eigenvalue weighted by Gasteiger charge is -2.35. The van der Waals surface area contributed by atoms with Crippen LogP contribution in [0.15, 0.2) is 0 Å². The highest BCUT2D eigenvalue weighted by Gasteiger charge is 2.25. The highest BCUT2D eigenvalue weighted by atomic mass is 32.1. The molecular formula is C8H17NOS. The van der Waals surface area contributed by atoms with Gasteiger partial charge in [0.05, 0.1) is 0 Å². The topological polar surface area (TPSA) is 20.3 Å². The average molecular weight is 175 g/mol. The molecule has 0 aromatic rings. The van der Waals surface area contributed by atoms with Crippen molar-refractivity contribution in [3.8, 4) is 0 Å². The largest absolute Gasteiger partial charge is 0.329 e. The second-order valence-corrected chi connectivity index (χ2v) is 3.58. The van der Waals surface area contributed by atoms with Gasteiger partial charge in [-0.25, -0.2) is 0 Å². The molecule has 0 fully saturated rings. The van der Waals surface area contributed by atoms with Crippen LogP contribution in [-0.2, 0) is 0 Å². The monoisotopic (exact) mass is 175 g/mol. The van der Waals surface area contributed by atoms with Gasteiger partial charge in [0.25, 0.3) is 5.24 Å². The molecule has 66 valence electrons. The van der Waals surface area contributed by atoms with Crippen molar-refractivity contribution in [1.82, 2.24) is 4.90 Å². The van der Waals surface area contributed by atoms with Gasteiger partial charge in [0.15, 0.2) is 0 Å². The molecule has 11 heavy (non-hydrogen) atoms. The zero-order valence-corrected chi connectivity index (χ0v) is 8.61. The van der Waals surface area contributed by atoms with Gasteiger partial charge in [-0.15, -0.1) is 0 Å². The standard InChI is InChI=1S/C8H17NOS/c1-5-8(3,4)9(6-2)7(10)11/h5-6H2,1-4H3,(H,10,11). The minimum atomic E-state index is -0.139. The van der Waals surface area contributed by atoms with Gasteiger partial charge in [-0.3, -0.25) is 4.79 Å². The zero-order chi connectivity index (χ0) is 9.07. The van der Waals surface area contributed by atoms with Gasteiger partial charge < -0.3 is 4.90 Å². The first kappa shape index (κ1) is 10.8. The molecule has 2 nitrogen and oxygen atoms in total. The van der Waals surface area contributed by atoms with Crippen LogP contribution in [0, 0.1) is 0 Å². The minimum Gasteiger partial charge on any atom is -0.329 e. The molecule has 0 atom stereocenters. The van der Waals surface area contributed by atoms with E-state index in [1.807, 2.05) is 20.8 Å². The molecule has 0 aliphatic carbocycles.